The molecule has 0 aliphatic carbocycles. The molecule has 150 valence electrons. The fraction of sp³-hybridized carbons (Fsp3) is 0.632. The van der Waals surface area contributed by atoms with Crippen LogP contribution in [0.15, 0.2) is 18.2 Å². The second-order valence-electron chi connectivity index (χ2n) is 6.70. The van der Waals surface area contributed by atoms with Gasteiger partial charge in [0.1, 0.15) is 0 Å². The molecular formula is C19H29N3O5. The van der Waals surface area contributed by atoms with E-state index in [4.69, 9.17) is 9.47 Å². The van der Waals surface area contributed by atoms with Crippen LogP contribution in [0.25, 0.3) is 0 Å². The topological polar surface area (TPSA) is 85.1 Å². The average molecular weight is 379 g/mol. The molecule has 0 aromatic heterocycles. The normalized spacial score (nSPS) is 14.4. The quantitative estimate of drug-likeness (QED) is 0.349. The van der Waals surface area contributed by atoms with Crippen LogP contribution in [0.3, 0.4) is 0 Å². The van der Waals surface area contributed by atoms with Gasteiger partial charge in [-0.15, -0.1) is 0 Å². The van der Waals surface area contributed by atoms with Crippen molar-refractivity contribution in [3.05, 3.63) is 39.4 Å². The Morgan fingerprint density at radius 2 is 2.11 bits per heavy atom. The lowest BCUT2D eigenvalue weighted by Gasteiger charge is -2.31. The first-order valence-corrected chi connectivity index (χ1v) is 9.40. The lowest BCUT2D eigenvalue weighted by atomic mass is 10.1. The smallest absolute Gasteiger partial charge is 0.305 e. The summed E-state index contributed by atoms with van der Waals surface area (Å²) >= 11 is 0. The molecule has 1 aromatic carbocycles. The van der Waals surface area contributed by atoms with E-state index >= 15 is 0 Å². The van der Waals surface area contributed by atoms with E-state index < -0.39 is 0 Å². The second kappa shape index (κ2) is 10.8. The first-order valence-electron chi connectivity index (χ1n) is 9.40. The van der Waals surface area contributed by atoms with Crippen LogP contribution in [0, 0.1) is 10.1 Å². The highest BCUT2D eigenvalue weighted by Crippen LogP contribution is 2.25. The molecule has 0 atom stereocenters. The Kier molecular flexibility index (Phi) is 8.47. The zero-order valence-electron chi connectivity index (χ0n) is 16.2. The van der Waals surface area contributed by atoms with Gasteiger partial charge in [0.2, 0.25) is 6.54 Å². The molecule has 1 heterocycles. The molecule has 0 radical (unpaired) electrons. The molecule has 0 bridgehead atoms. The largest absolute Gasteiger partial charge is 0.466 e. The Hall–Kier alpha value is -2.19. The minimum absolute atomic E-state index is 0.173. The lowest BCUT2D eigenvalue weighted by Crippen LogP contribution is -2.37. The molecule has 0 saturated carbocycles. The zero-order chi connectivity index (χ0) is 19.6. The summed E-state index contributed by atoms with van der Waals surface area (Å²) in [5.74, 6) is -0.173. The van der Waals surface area contributed by atoms with Gasteiger partial charge in [-0.05, 0) is 44.6 Å². The van der Waals surface area contributed by atoms with Crippen molar-refractivity contribution in [1.82, 2.24) is 4.90 Å². The van der Waals surface area contributed by atoms with E-state index in [0.29, 0.717) is 38.3 Å². The minimum atomic E-state index is -0.309. The average Bonchev–Trinajstić information content (AvgIpc) is 2.62. The Balaban J connectivity index is 2.04. The van der Waals surface area contributed by atoms with Crippen molar-refractivity contribution in [1.29, 1.82) is 0 Å². The fourth-order valence-corrected chi connectivity index (χ4v) is 3.22. The number of hydrogen-bond donors (Lipinski definition) is 0. The first kappa shape index (κ1) is 21.1. The molecule has 0 amide bonds. The Bertz CT molecular complexity index is 632. The number of hydrogen-bond acceptors (Lipinski definition) is 7. The third-order valence-electron chi connectivity index (χ3n) is 4.47. The monoisotopic (exact) mass is 379 g/mol. The molecular weight excluding hydrogens is 350 g/mol. The van der Waals surface area contributed by atoms with Gasteiger partial charge >= 0.3 is 5.97 Å². The van der Waals surface area contributed by atoms with Crippen molar-refractivity contribution in [3.8, 4) is 0 Å². The Morgan fingerprint density at radius 1 is 1.37 bits per heavy atom. The molecule has 2 rings (SSSR count). The number of morpholine rings is 1. The summed E-state index contributed by atoms with van der Waals surface area (Å²) in [5.41, 5.74) is 2.87. The van der Waals surface area contributed by atoms with Crippen LogP contribution in [0.4, 0.5) is 5.69 Å². The third-order valence-corrected chi connectivity index (χ3v) is 4.47. The van der Waals surface area contributed by atoms with Crippen LogP contribution >= 0.6 is 0 Å². The Morgan fingerprint density at radius 3 is 2.78 bits per heavy atom. The van der Waals surface area contributed by atoms with E-state index in [1.807, 2.05) is 25.2 Å². The van der Waals surface area contributed by atoms with E-state index in [0.717, 1.165) is 37.3 Å². The van der Waals surface area contributed by atoms with E-state index in [-0.39, 0.29) is 17.4 Å². The van der Waals surface area contributed by atoms with Crippen LogP contribution in [0.2, 0.25) is 0 Å². The third kappa shape index (κ3) is 7.15. The van der Waals surface area contributed by atoms with Crippen LogP contribution in [0.1, 0.15) is 30.9 Å². The summed E-state index contributed by atoms with van der Waals surface area (Å²) in [7, 11) is 1.99. The molecule has 0 spiro atoms. The van der Waals surface area contributed by atoms with Crippen molar-refractivity contribution < 1.29 is 19.2 Å². The number of carbonyl (C=O) groups is 1. The summed E-state index contributed by atoms with van der Waals surface area (Å²) in [6.07, 6.45) is 1.12. The zero-order valence-corrected chi connectivity index (χ0v) is 16.2. The van der Waals surface area contributed by atoms with Crippen molar-refractivity contribution in [2.75, 3.05) is 51.4 Å². The molecule has 0 unspecified atom stereocenters. The maximum absolute atomic E-state index is 11.5. The van der Waals surface area contributed by atoms with Gasteiger partial charge in [0, 0.05) is 42.2 Å². The van der Waals surface area contributed by atoms with E-state index in [1.54, 1.807) is 6.92 Å². The number of nitrogens with zero attached hydrogens (tertiary/aromatic N) is 3. The summed E-state index contributed by atoms with van der Waals surface area (Å²) in [5, 5.41) is 10.9. The van der Waals surface area contributed by atoms with Crippen LogP contribution in [0.5, 0.6) is 0 Å². The number of benzene rings is 1. The van der Waals surface area contributed by atoms with Crippen molar-refractivity contribution in [2.45, 2.75) is 32.9 Å². The van der Waals surface area contributed by atoms with Crippen LogP contribution in [-0.2, 0) is 27.4 Å². The number of nitro groups is 1. The second-order valence-corrected chi connectivity index (χ2v) is 6.70. The molecule has 1 fully saturated rings. The summed E-state index contributed by atoms with van der Waals surface area (Å²) in [6, 6.07) is 5.74. The molecule has 1 aromatic rings. The van der Waals surface area contributed by atoms with Gasteiger partial charge in [-0.2, -0.15) is 0 Å². The van der Waals surface area contributed by atoms with Gasteiger partial charge in [-0.25, -0.2) is 0 Å². The SMILES string of the molecule is CCOC(=O)CCCN(C)Cc1cc(C[N+](=O)[O-])ccc1N1CCOCC1. The van der Waals surface area contributed by atoms with Crippen LogP contribution in [-0.4, -0.2) is 62.3 Å². The van der Waals surface area contributed by atoms with Gasteiger partial charge in [0.25, 0.3) is 0 Å². The van der Waals surface area contributed by atoms with Gasteiger partial charge < -0.3 is 19.3 Å². The standard InChI is InChI=1S/C19H29N3O5/c1-3-27-19(23)5-4-8-20(2)15-17-13-16(14-22(24)25)6-7-18(17)21-9-11-26-12-10-21/h6-7,13H,3-5,8-12,14-15H2,1-2H3. The maximum atomic E-state index is 11.5. The number of rotatable bonds is 10. The summed E-state index contributed by atoms with van der Waals surface area (Å²) in [6.45, 7) is 6.44. The molecule has 1 saturated heterocycles. The number of carbonyl (C=O) groups excluding carboxylic acids is 1. The first-order chi connectivity index (χ1) is 13.0. The predicted octanol–water partition coefficient (Wildman–Crippen LogP) is 2.07. The maximum Gasteiger partial charge on any atom is 0.305 e. The number of anilines is 1. The van der Waals surface area contributed by atoms with E-state index in [2.05, 4.69) is 9.80 Å². The molecule has 1 aliphatic heterocycles. The molecule has 8 heteroatoms. The summed E-state index contributed by atoms with van der Waals surface area (Å²) < 4.78 is 10.4. The van der Waals surface area contributed by atoms with Gasteiger partial charge in [0.05, 0.1) is 19.8 Å². The highest BCUT2D eigenvalue weighted by atomic mass is 16.6. The van der Waals surface area contributed by atoms with Gasteiger partial charge in [0.15, 0.2) is 0 Å². The van der Waals surface area contributed by atoms with Crippen molar-refractivity contribution in [3.63, 3.8) is 0 Å². The highest BCUT2D eigenvalue weighted by Gasteiger charge is 2.17. The van der Waals surface area contributed by atoms with Crippen LogP contribution < -0.4 is 4.90 Å². The van der Waals surface area contributed by atoms with Gasteiger partial charge in [-0.1, -0.05) is 6.07 Å². The van der Waals surface area contributed by atoms with E-state index in [9.17, 15) is 14.9 Å². The number of ether oxygens (including phenoxy) is 2. The molecule has 8 nitrogen and oxygen atoms in total. The van der Waals surface area contributed by atoms with Gasteiger partial charge in [-0.3, -0.25) is 14.9 Å². The van der Waals surface area contributed by atoms with Crippen molar-refractivity contribution >= 4 is 11.7 Å². The fourth-order valence-electron chi connectivity index (χ4n) is 3.22. The van der Waals surface area contributed by atoms with Crippen molar-refractivity contribution in [2.24, 2.45) is 0 Å². The molecule has 27 heavy (non-hydrogen) atoms. The minimum Gasteiger partial charge on any atom is -0.466 e. The van der Waals surface area contributed by atoms with E-state index in [1.165, 1.54) is 0 Å². The lowest BCUT2D eigenvalue weighted by molar-refractivity contribution is -0.496. The predicted molar refractivity (Wildman–Crippen MR) is 102 cm³/mol. The molecule has 1 aliphatic rings. The summed E-state index contributed by atoms with van der Waals surface area (Å²) in [4.78, 5) is 26.4. The Labute approximate surface area is 160 Å². The number of esters is 1. The highest BCUT2D eigenvalue weighted by molar-refractivity contribution is 5.69. The molecule has 0 N–H and O–H groups in total.